The largest absolute Gasteiger partial charge is 0.466 e. The lowest BCUT2D eigenvalue weighted by atomic mass is 10.0. The van der Waals surface area contributed by atoms with E-state index < -0.39 is 12.1 Å². The lowest BCUT2D eigenvalue weighted by molar-refractivity contribution is -0.143. The van der Waals surface area contributed by atoms with Crippen molar-refractivity contribution in [1.29, 1.82) is 0 Å². The van der Waals surface area contributed by atoms with E-state index in [4.69, 9.17) is 4.74 Å². The Labute approximate surface area is 404 Å². The Morgan fingerprint density at radius 3 is 1.23 bits per heavy atom. The third-order valence-corrected chi connectivity index (χ3v) is 13.2. The Bertz CT molecular complexity index is 1060. The van der Waals surface area contributed by atoms with Crippen LogP contribution in [-0.4, -0.2) is 47.4 Å². The molecule has 2 atom stereocenters. The van der Waals surface area contributed by atoms with Crippen molar-refractivity contribution < 1.29 is 24.5 Å². The van der Waals surface area contributed by atoms with Gasteiger partial charge in [-0.25, -0.2) is 0 Å². The minimum Gasteiger partial charge on any atom is -0.466 e. The number of allylic oxidation sites excluding steroid dienone is 6. The lowest BCUT2D eigenvalue weighted by Gasteiger charge is -2.22. The number of aliphatic hydroxyl groups is 2. The highest BCUT2D eigenvalue weighted by Crippen LogP contribution is 2.17. The van der Waals surface area contributed by atoms with Crippen LogP contribution in [0.2, 0.25) is 0 Å². The molecule has 0 fully saturated rings. The molecule has 0 heterocycles. The number of unbranched alkanes of at least 4 members (excludes halogenated alkanes) is 36. The Hall–Kier alpha value is -1.92. The predicted octanol–water partition coefficient (Wildman–Crippen LogP) is 17.6. The van der Waals surface area contributed by atoms with E-state index in [9.17, 15) is 19.8 Å². The smallest absolute Gasteiger partial charge is 0.305 e. The second kappa shape index (κ2) is 54.7. The van der Waals surface area contributed by atoms with E-state index in [1.54, 1.807) is 0 Å². The summed E-state index contributed by atoms with van der Waals surface area (Å²) in [6.45, 7) is 4.88. The van der Waals surface area contributed by atoms with Gasteiger partial charge in [-0.15, -0.1) is 0 Å². The van der Waals surface area contributed by atoms with E-state index in [1.807, 2.05) is 0 Å². The standard InChI is InChI=1S/C59H111NO5/c1-3-5-7-9-11-13-15-17-19-20-21-22-24-27-31-35-39-43-47-51-57(62)56(55-61)60-58(63)52-48-44-40-36-32-28-25-23-26-30-34-38-42-46-50-54-65-59(64)53-49-45-41-37-33-29-18-16-14-12-10-8-6-4-2/h10,12,16,18,26,30,56-57,61-62H,3-9,11,13-15,17,19-25,27-29,31-55H2,1-2H3,(H,60,63)/b12-10-,18-16-,30-26-. The Balaban J connectivity index is 3.49. The third-order valence-electron chi connectivity index (χ3n) is 13.2. The van der Waals surface area contributed by atoms with Gasteiger partial charge >= 0.3 is 5.97 Å². The number of amides is 1. The first-order valence-corrected chi connectivity index (χ1v) is 28.7. The fourth-order valence-corrected chi connectivity index (χ4v) is 8.71. The number of aliphatic hydroxyl groups excluding tert-OH is 2. The Kier molecular flexibility index (Phi) is 53.1. The number of carbonyl (C=O) groups excluding carboxylic acids is 2. The van der Waals surface area contributed by atoms with E-state index in [-0.39, 0.29) is 18.5 Å². The summed E-state index contributed by atoms with van der Waals surface area (Å²) in [5.74, 6) is -0.0738. The summed E-state index contributed by atoms with van der Waals surface area (Å²) in [4.78, 5) is 24.5. The number of hydrogen-bond acceptors (Lipinski definition) is 5. The molecule has 0 aromatic rings. The minimum absolute atomic E-state index is 0.0246. The molecule has 0 bridgehead atoms. The van der Waals surface area contributed by atoms with E-state index >= 15 is 0 Å². The van der Waals surface area contributed by atoms with E-state index in [2.05, 4.69) is 55.6 Å². The summed E-state index contributed by atoms with van der Waals surface area (Å²) in [5.41, 5.74) is 0. The number of carbonyl (C=O) groups is 2. The number of esters is 1. The SMILES string of the molecule is CCCC/C=C\C/C=C\CCCCCCCC(=O)OCCCCCC/C=C\CCCCCCCCCC(=O)NC(CO)C(O)CCCCCCCCCCCCCCCCCCCCC. The van der Waals surface area contributed by atoms with Gasteiger partial charge in [0.05, 0.1) is 25.4 Å². The summed E-state index contributed by atoms with van der Waals surface area (Å²) in [6, 6.07) is -0.554. The number of nitrogens with one attached hydrogen (secondary N) is 1. The quantitative estimate of drug-likeness (QED) is 0.0321. The molecule has 6 nitrogen and oxygen atoms in total. The molecule has 1 amide bonds. The molecule has 0 aliphatic heterocycles. The van der Waals surface area contributed by atoms with Crippen molar-refractivity contribution in [3.8, 4) is 0 Å². The van der Waals surface area contributed by atoms with Gasteiger partial charge in [0.25, 0.3) is 0 Å². The van der Waals surface area contributed by atoms with Crippen LogP contribution in [0.5, 0.6) is 0 Å². The van der Waals surface area contributed by atoms with Crippen molar-refractivity contribution in [2.24, 2.45) is 0 Å². The van der Waals surface area contributed by atoms with Crippen molar-refractivity contribution in [3.05, 3.63) is 36.5 Å². The fraction of sp³-hybridized carbons (Fsp3) is 0.864. The summed E-state index contributed by atoms with van der Waals surface area (Å²) >= 11 is 0. The lowest BCUT2D eigenvalue weighted by Crippen LogP contribution is -2.45. The van der Waals surface area contributed by atoms with Gasteiger partial charge in [0.1, 0.15) is 0 Å². The highest BCUT2D eigenvalue weighted by atomic mass is 16.5. The normalized spacial score (nSPS) is 12.9. The molecular formula is C59H111NO5. The van der Waals surface area contributed by atoms with Gasteiger partial charge in [-0.3, -0.25) is 9.59 Å². The van der Waals surface area contributed by atoms with Gasteiger partial charge in [0, 0.05) is 12.8 Å². The average molecular weight is 915 g/mol. The summed E-state index contributed by atoms with van der Waals surface area (Å²) in [6.07, 6.45) is 67.0. The van der Waals surface area contributed by atoms with Gasteiger partial charge in [0.15, 0.2) is 0 Å². The Morgan fingerprint density at radius 1 is 0.431 bits per heavy atom. The molecule has 0 aliphatic rings. The third kappa shape index (κ3) is 51.3. The van der Waals surface area contributed by atoms with Crippen LogP contribution in [0.1, 0.15) is 303 Å². The van der Waals surface area contributed by atoms with Crippen molar-refractivity contribution in [3.63, 3.8) is 0 Å². The zero-order valence-electron chi connectivity index (χ0n) is 43.5. The summed E-state index contributed by atoms with van der Waals surface area (Å²) in [5, 5.41) is 23.3. The van der Waals surface area contributed by atoms with E-state index in [1.165, 1.54) is 186 Å². The highest BCUT2D eigenvalue weighted by Gasteiger charge is 2.20. The second-order valence-corrected chi connectivity index (χ2v) is 19.6. The van der Waals surface area contributed by atoms with Gasteiger partial charge in [-0.1, -0.05) is 249 Å². The van der Waals surface area contributed by atoms with Crippen molar-refractivity contribution >= 4 is 11.9 Å². The molecule has 0 spiro atoms. The molecule has 3 N–H and O–H groups in total. The molecule has 65 heavy (non-hydrogen) atoms. The second-order valence-electron chi connectivity index (χ2n) is 19.6. The van der Waals surface area contributed by atoms with Crippen LogP contribution in [0.3, 0.4) is 0 Å². The fourth-order valence-electron chi connectivity index (χ4n) is 8.71. The average Bonchev–Trinajstić information content (AvgIpc) is 3.31. The van der Waals surface area contributed by atoms with E-state index in [0.29, 0.717) is 25.9 Å². The maximum atomic E-state index is 12.5. The van der Waals surface area contributed by atoms with Crippen LogP contribution in [0.4, 0.5) is 0 Å². The first kappa shape index (κ1) is 63.1. The highest BCUT2D eigenvalue weighted by molar-refractivity contribution is 5.76. The zero-order chi connectivity index (χ0) is 47.2. The van der Waals surface area contributed by atoms with Gasteiger partial charge in [0.2, 0.25) is 5.91 Å². The molecular weight excluding hydrogens is 803 g/mol. The van der Waals surface area contributed by atoms with Crippen LogP contribution in [0, 0.1) is 0 Å². The maximum absolute atomic E-state index is 12.5. The van der Waals surface area contributed by atoms with Crippen LogP contribution in [-0.2, 0) is 14.3 Å². The number of ether oxygens (including phenoxy) is 1. The molecule has 0 aromatic heterocycles. The summed E-state index contributed by atoms with van der Waals surface area (Å²) in [7, 11) is 0. The molecule has 6 heteroatoms. The van der Waals surface area contributed by atoms with Crippen LogP contribution in [0.25, 0.3) is 0 Å². The molecule has 0 rings (SSSR count). The number of hydrogen-bond donors (Lipinski definition) is 3. The first-order chi connectivity index (χ1) is 32.0. The number of rotatable bonds is 53. The molecule has 2 unspecified atom stereocenters. The van der Waals surface area contributed by atoms with Gasteiger partial charge in [-0.2, -0.15) is 0 Å². The molecule has 0 aromatic carbocycles. The maximum Gasteiger partial charge on any atom is 0.305 e. The van der Waals surface area contributed by atoms with Gasteiger partial charge in [-0.05, 0) is 77.0 Å². The van der Waals surface area contributed by atoms with Crippen LogP contribution < -0.4 is 5.32 Å². The van der Waals surface area contributed by atoms with Crippen molar-refractivity contribution in [1.82, 2.24) is 5.32 Å². The van der Waals surface area contributed by atoms with E-state index in [0.717, 1.165) is 83.5 Å². The first-order valence-electron chi connectivity index (χ1n) is 28.7. The molecule has 0 saturated carbocycles. The predicted molar refractivity (Wildman–Crippen MR) is 283 cm³/mol. The van der Waals surface area contributed by atoms with Crippen molar-refractivity contribution in [2.75, 3.05) is 13.2 Å². The molecule has 382 valence electrons. The van der Waals surface area contributed by atoms with Gasteiger partial charge < -0.3 is 20.3 Å². The Morgan fingerprint density at radius 2 is 0.785 bits per heavy atom. The molecule has 0 aliphatic carbocycles. The van der Waals surface area contributed by atoms with Crippen LogP contribution >= 0.6 is 0 Å². The van der Waals surface area contributed by atoms with Crippen molar-refractivity contribution in [2.45, 2.75) is 315 Å². The molecule has 0 radical (unpaired) electrons. The summed E-state index contributed by atoms with van der Waals surface area (Å²) < 4.78 is 5.45. The molecule has 0 saturated heterocycles. The monoisotopic (exact) mass is 914 g/mol. The topological polar surface area (TPSA) is 95.9 Å². The minimum atomic E-state index is -0.676. The zero-order valence-corrected chi connectivity index (χ0v) is 43.5. The van der Waals surface area contributed by atoms with Crippen LogP contribution in [0.15, 0.2) is 36.5 Å².